The van der Waals surface area contributed by atoms with Gasteiger partial charge in [0.15, 0.2) is 8.07 Å². The molecular formula is C38H34BN2OSi. The summed E-state index contributed by atoms with van der Waals surface area (Å²) < 4.78 is 8.35. The molecule has 6 aromatic rings. The van der Waals surface area contributed by atoms with Crippen molar-refractivity contribution in [2.75, 3.05) is 6.61 Å². The predicted octanol–water partition coefficient (Wildman–Crippen LogP) is 5.52. The van der Waals surface area contributed by atoms with Crippen molar-refractivity contribution in [3.05, 3.63) is 169 Å². The molecule has 0 unspecified atom stereocenters. The molecule has 1 radical (unpaired) electrons. The van der Waals surface area contributed by atoms with Gasteiger partial charge in [-0.3, -0.25) is 4.98 Å². The van der Waals surface area contributed by atoms with Crippen LogP contribution in [0.3, 0.4) is 0 Å². The van der Waals surface area contributed by atoms with Gasteiger partial charge in [-0.25, -0.2) is 0 Å². The number of rotatable bonds is 11. The van der Waals surface area contributed by atoms with E-state index in [9.17, 15) is 0 Å². The van der Waals surface area contributed by atoms with Crippen LogP contribution in [0.5, 0.6) is 5.75 Å². The maximum absolute atomic E-state index is 6.02. The van der Waals surface area contributed by atoms with Gasteiger partial charge in [-0.1, -0.05) is 145 Å². The number of hydrogen-bond acceptors (Lipinski definition) is 2. The van der Waals surface area contributed by atoms with Crippen molar-refractivity contribution in [3.63, 3.8) is 0 Å². The fraction of sp³-hybridized carbons (Fsp3) is 0.0789. The highest BCUT2D eigenvalue weighted by Gasteiger charge is 2.40. The highest BCUT2D eigenvalue weighted by atomic mass is 28.3. The van der Waals surface area contributed by atoms with Gasteiger partial charge in [-0.05, 0) is 45.7 Å². The second-order valence-electron chi connectivity index (χ2n) is 10.5. The first-order chi connectivity index (χ1) is 21.3. The lowest BCUT2D eigenvalue weighted by molar-refractivity contribution is 0.340. The molecule has 0 aliphatic heterocycles. The molecule has 5 aromatic carbocycles. The average Bonchev–Trinajstić information content (AvgIpc) is 3.51. The normalized spacial score (nSPS) is 11.7. The fourth-order valence-corrected chi connectivity index (χ4v) is 10.4. The molecule has 3 nitrogen and oxygen atoms in total. The first-order valence-electron chi connectivity index (χ1n) is 14.8. The largest absolute Gasteiger partial charge is 0.494 e. The Kier molecular flexibility index (Phi) is 8.81. The molecule has 209 valence electrons. The Balaban J connectivity index is 1.49. The quantitative estimate of drug-likeness (QED) is 0.116. The summed E-state index contributed by atoms with van der Waals surface area (Å²) in [5, 5.41) is 3.99. The third-order valence-corrected chi connectivity index (χ3v) is 12.6. The Morgan fingerprint density at radius 2 is 1.30 bits per heavy atom. The third kappa shape index (κ3) is 6.32. The molecule has 0 saturated heterocycles. The third-order valence-electron chi connectivity index (χ3n) is 7.84. The number of aromatic nitrogens is 2. The number of nitrogens with zero attached hydrogens (tertiary/aromatic N) is 2. The van der Waals surface area contributed by atoms with E-state index in [0.29, 0.717) is 6.61 Å². The highest BCUT2D eigenvalue weighted by Crippen LogP contribution is 2.19. The van der Waals surface area contributed by atoms with Gasteiger partial charge in [0.05, 0.1) is 12.3 Å². The maximum atomic E-state index is 6.02. The van der Waals surface area contributed by atoms with Gasteiger partial charge >= 0.3 is 0 Å². The van der Waals surface area contributed by atoms with Crippen LogP contribution in [0.1, 0.15) is 18.1 Å². The van der Waals surface area contributed by atoms with Crippen LogP contribution in [-0.2, 0) is 6.17 Å². The van der Waals surface area contributed by atoms with Gasteiger partial charge in [0.25, 0.3) is 0 Å². The Morgan fingerprint density at radius 3 is 1.93 bits per heavy atom. The first-order valence-corrected chi connectivity index (χ1v) is 17.0. The van der Waals surface area contributed by atoms with E-state index in [-0.39, 0.29) is 0 Å². The SMILES string of the molecule is CCOc1cccc([Si](Cn2ccnc2[B]C(=Cc2ccccc2)c2ccccc2)(c2ccccc2)c2ccccc2)c1. The average molecular weight is 574 g/mol. The summed E-state index contributed by atoms with van der Waals surface area (Å²) in [7, 11) is -0.405. The van der Waals surface area contributed by atoms with Crippen LogP contribution in [0, 0.1) is 0 Å². The Bertz CT molecular complexity index is 1730. The van der Waals surface area contributed by atoms with Gasteiger partial charge < -0.3 is 9.30 Å². The molecule has 0 aliphatic carbocycles. The topological polar surface area (TPSA) is 27.1 Å². The molecule has 1 heterocycles. The Hall–Kier alpha value is -4.87. The standard InChI is InChI=1S/C38H34BN2OSi/c1-2-42-33-20-15-25-36(29-33)43(34-21-11-5-12-22-34,35-23-13-6-14-24-35)30-41-27-26-40-38(41)39-37(32-18-9-4-10-19-32)28-31-16-7-3-8-17-31/h3-29H,2,30H2,1H3. The van der Waals surface area contributed by atoms with Crippen molar-refractivity contribution in [1.82, 2.24) is 9.55 Å². The van der Waals surface area contributed by atoms with E-state index in [1.165, 1.54) is 15.6 Å². The molecule has 43 heavy (non-hydrogen) atoms. The molecule has 0 saturated carbocycles. The molecule has 1 aromatic heterocycles. The fourth-order valence-electron chi connectivity index (χ4n) is 5.79. The molecule has 0 N–H and O–H groups in total. The van der Waals surface area contributed by atoms with Gasteiger partial charge in [0.2, 0.25) is 7.28 Å². The lowest BCUT2D eigenvalue weighted by Gasteiger charge is -2.35. The second kappa shape index (κ2) is 13.4. The molecule has 0 atom stereocenters. The van der Waals surface area contributed by atoms with Crippen LogP contribution in [0.25, 0.3) is 11.5 Å². The summed E-state index contributed by atoms with van der Waals surface area (Å²) in [5.74, 6) is 0.901. The van der Waals surface area contributed by atoms with Crippen molar-refractivity contribution in [2.24, 2.45) is 0 Å². The second-order valence-corrected chi connectivity index (χ2v) is 14.4. The monoisotopic (exact) mass is 573 g/mol. The van der Waals surface area contributed by atoms with Crippen LogP contribution in [0.4, 0.5) is 0 Å². The number of ether oxygens (including phenoxy) is 1. The summed E-state index contributed by atoms with van der Waals surface area (Å²) in [6.07, 6.45) is 7.06. The van der Waals surface area contributed by atoms with Crippen LogP contribution in [-0.4, -0.2) is 31.5 Å². The minimum absolute atomic E-state index is 0.630. The van der Waals surface area contributed by atoms with Crippen molar-refractivity contribution >= 4 is 48.2 Å². The summed E-state index contributed by atoms with van der Waals surface area (Å²) in [5.41, 5.74) is 4.35. The molecule has 6 rings (SSSR count). The van der Waals surface area contributed by atoms with Gasteiger partial charge in [-0.2, -0.15) is 0 Å². The van der Waals surface area contributed by atoms with Crippen LogP contribution in [0.15, 0.2) is 158 Å². The first kappa shape index (κ1) is 28.3. The summed E-state index contributed by atoms with van der Waals surface area (Å²) in [6, 6.07) is 51.7. The van der Waals surface area contributed by atoms with E-state index in [2.05, 4.69) is 164 Å². The van der Waals surface area contributed by atoms with E-state index in [4.69, 9.17) is 9.72 Å². The number of hydrogen-bond donors (Lipinski definition) is 0. The van der Waals surface area contributed by atoms with Gasteiger partial charge in [0, 0.05) is 18.6 Å². The van der Waals surface area contributed by atoms with Crippen molar-refractivity contribution in [3.8, 4) is 5.75 Å². The van der Waals surface area contributed by atoms with Crippen LogP contribution >= 0.6 is 0 Å². The molecule has 0 spiro atoms. The van der Waals surface area contributed by atoms with Crippen LogP contribution < -0.4 is 26.0 Å². The van der Waals surface area contributed by atoms with Gasteiger partial charge in [0.1, 0.15) is 5.75 Å². The molecular weight excluding hydrogens is 539 g/mol. The van der Waals surface area contributed by atoms with E-state index < -0.39 is 8.07 Å². The Labute approximate surface area is 256 Å². The lowest BCUT2D eigenvalue weighted by atomic mass is 9.65. The minimum atomic E-state index is -2.62. The van der Waals surface area contributed by atoms with Crippen molar-refractivity contribution in [2.45, 2.75) is 13.1 Å². The van der Waals surface area contributed by atoms with E-state index >= 15 is 0 Å². The predicted molar refractivity (Wildman–Crippen MR) is 184 cm³/mol. The number of imidazole rings is 1. The highest BCUT2D eigenvalue weighted by molar-refractivity contribution is 7.10. The van der Waals surface area contributed by atoms with Crippen molar-refractivity contribution < 1.29 is 4.74 Å². The molecule has 0 amide bonds. The zero-order valence-electron chi connectivity index (χ0n) is 24.4. The van der Waals surface area contributed by atoms with Crippen LogP contribution in [0.2, 0.25) is 0 Å². The molecule has 0 fully saturated rings. The molecule has 5 heteroatoms. The van der Waals surface area contributed by atoms with E-state index in [1.54, 1.807) is 0 Å². The smallest absolute Gasteiger partial charge is 0.241 e. The summed E-state index contributed by atoms with van der Waals surface area (Å²) >= 11 is 0. The van der Waals surface area contributed by atoms with E-state index in [0.717, 1.165) is 34.2 Å². The van der Waals surface area contributed by atoms with Gasteiger partial charge in [-0.15, -0.1) is 0 Å². The Morgan fingerprint density at radius 1 is 0.721 bits per heavy atom. The summed E-state index contributed by atoms with van der Waals surface area (Å²) in [4.78, 5) is 4.90. The number of benzene rings is 5. The zero-order chi connectivity index (χ0) is 29.3. The molecule has 0 aliphatic rings. The van der Waals surface area contributed by atoms with E-state index in [1.807, 2.05) is 19.2 Å². The maximum Gasteiger partial charge on any atom is 0.241 e. The molecule has 0 bridgehead atoms. The lowest BCUT2D eigenvalue weighted by Crippen LogP contribution is -2.70. The summed E-state index contributed by atoms with van der Waals surface area (Å²) in [6.45, 7) is 2.66. The zero-order valence-corrected chi connectivity index (χ0v) is 25.4. The minimum Gasteiger partial charge on any atom is -0.494 e. The van der Waals surface area contributed by atoms with Crippen molar-refractivity contribution in [1.29, 1.82) is 0 Å².